The van der Waals surface area contributed by atoms with Gasteiger partial charge in [0, 0.05) is 22.6 Å². The van der Waals surface area contributed by atoms with Gasteiger partial charge in [-0.25, -0.2) is 0 Å². The third-order valence-corrected chi connectivity index (χ3v) is 6.63. The zero-order valence-electron chi connectivity index (χ0n) is 15.8. The van der Waals surface area contributed by atoms with Gasteiger partial charge in [-0.3, -0.25) is 9.59 Å². The van der Waals surface area contributed by atoms with Gasteiger partial charge in [-0.1, -0.05) is 24.6 Å². The first-order valence-corrected chi connectivity index (χ1v) is 11.4. The van der Waals surface area contributed by atoms with Crippen molar-refractivity contribution in [2.24, 2.45) is 0 Å². The van der Waals surface area contributed by atoms with E-state index >= 15 is 0 Å². The summed E-state index contributed by atoms with van der Waals surface area (Å²) in [6.45, 7) is 4.08. The number of benzene rings is 1. The van der Waals surface area contributed by atoms with Crippen molar-refractivity contribution in [2.75, 3.05) is 18.1 Å². The smallest absolute Gasteiger partial charge is 0.243 e. The summed E-state index contributed by atoms with van der Waals surface area (Å²) < 4.78 is 5.94. The standard InChI is InChI=1S/C21H22ClNO3S2/c1-3-27-8-4-5-20(25)23-12-16-10-15-9-14(11-17(22)21(15)26-16)19-7-6-18(28-19)13(2)24/h4-7,9,11,16H,3,8,10,12H2,1-2H3,(H,23,25). The second kappa shape index (κ2) is 9.63. The number of thioether (sulfide) groups is 1. The molecule has 0 saturated heterocycles. The van der Waals surface area contributed by atoms with Crippen molar-refractivity contribution in [3.05, 3.63) is 51.9 Å². The van der Waals surface area contributed by atoms with Gasteiger partial charge in [0.2, 0.25) is 5.91 Å². The first kappa shape index (κ1) is 21.0. The van der Waals surface area contributed by atoms with Gasteiger partial charge in [-0.2, -0.15) is 11.8 Å². The van der Waals surface area contributed by atoms with E-state index in [2.05, 4.69) is 18.3 Å². The molecule has 1 atom stereocenters. The maximum atomic E-state index is 11.9. The average Bonchev–Trinajstić information content (AvgIpc) is 3.30. The highest BCUT2D eigenvalue weighted by molar-refractivity contribution is 7.99. The van der Waals surface area contributed by atoms with Gasteiger partial charge in [-0.15, -0.1) is 11.3 Å². The molecule has 0 saturated carbocycles. The lowest BCUT2D eigenvalue weighted by atomic mass is 10.1. The lowest BCUT2D eigenvalue weighted by Crippen LogP contribution is -2.33. The van der Waals surface area contributed by atoms with Crippen LogP contribution in [0.1, 0.15) is 29.1 Å². The first-order chi connectivity index (χ1) is 13.5. The predicted molar refractivity (Wildman–Crippen MR) is 118 cm³/mol. The molecule has 0 spiro atoms. The Morgan fingerprint density at radius 2 is 2.21 bits per heavy atom. The zero-order valence-corrected chi connectivity index (χ0v) is 18.2. The zero-order chi connectivity index (χ0) is 20.1. The summed E-state index contributed by atoms with van der Waals surface area (Å²) in [7, 11) is 0. The van der Waals surface area contributed by atoms with Crippen molar-refractivity contribution < 1.29 is 14.3 Å². The molecule has 2 aromatic rings. The fourth-order valence-corrected chi connectivity index (χ4v) is 4.58. The number of thiophene rings is 1. The number of carbonyl (C=O) groups is 2. The van der Waals surface area contributed by atoms with E-state index in [1.807, 2.05) is 24.3 Å². The van der Waals surface area contributed by atoms with Crippen LogP contribution in [-0.4, -0.2) is 35.8 Å². The molecule has 0 aliphatic carbocycles. The molecule has 1 N–H and O–H groups in total. The summed E-state index contributed by atoms with van der Waals surface area (Å²) in [6, 6.07) is 7.70. The molecule has 2 heterocycles. The van der Waals surface area contributed by atoms with Gasteiger partial charge in [0.25, 0.3) is 0 Å². The Morgan fingerprint density at radius 1 is 1.39 bits per heavy atom. The van der Waals surface area contributed by atoms with Gasteiger partial charge in [0.05, 0.1) is 16.4 Å². The largest absolute Gasteiger partial charge is 0.486 e. The van der Waals surface area contributed by atoms with Crippen LogP contribution in [0.4, 0.5) is 0 Å². The van der Waals surface area contributed by atoms with Crippen LogP contribution in [-0.2, 0) is 11.2 Å². The Bertz CT molecular complexity index is 907. The van der Waals surface area contributed by atoms with E-state index < -0.39 is 0 Å². The van der Waals surface area contributed by atoms with Crippen molar-refractivity contribution in [1.29, 1.82) is 0 Å². The maximum absolute atomic E-state index is 11.9. The number of ketones is 1. The monoisotopic (exact) mass is 435 g/mol. The topological polar surface area (TPSA) is 55.4 Å². The number of rotatable bonds is 8. The summed E-state index contributed by atoms with van der Waals surface area (Å²) >= 11 is 9.66. The van der Waals surface area contributed by atoms with Crippen LogP contribution in [0.15, 0.2) is 36.4 Å². The minimum absolute atomic E-state index is 0.0602. The third-order valence-electron chi connectivity index (χ3n) is 4.28. The molecule has 1 aliphatic heterocycles. The number of carbonyl (C=O) groups excluding carboxylic acids is 2. The third kappa shape index (κ3) is 5.19. The van der Waals surface area contributed by atoms with Gasteiger partial charge < -0.3 is 10.1 Å². The van der Waals surface area contributed by atoms with Crippen LogP contribution >= 0.6 is 34.7 Å². The molecule has 7 heteroatoms. The Balaban J connectivity index is 1.62. The van der Waals surface area contributed by atoms with E-state index in [0.717, 1.165) is 32.4 Å². The molecule has 148 valence electrons. The van der Waals surface area contributed by atoms with E-state index in [0.29, 0.717) is 23.7 Å². The highest BCUT2D eigenvalue weighted by atomic mass is 35.5. The molecule has 1 unspecified atom stereocenters. The number of Topliss-reactive ketones (excluding diaryl/α,β-unsaturated/α-hetero) is 1. The van der Waals surface area contributed by atoms with Crippen LogP contribution in [0.5, 0.6) is 5.75 Å². The molecular weight excluding hydrogens is 414 g/mol. The summed E-state index contributed by atoms with van der Waals surface area (Å²) in [4.78, 5) is 25.2. The fourth-order valence-electron chi connectivity index (χ4n) is 2.94. The Morgan fingerprint density at radius 3 is 2.93 bits per heavy atom. The number of amides is 1. The lowest BCUT2D eigenvalue weighted by Gasteiger charge is -2.11. The van der Waals surface area contributed by atoms with E-state index in [-0.39, 0.29) is 17.8 Å². The van der Waals surface area contributed by atoms with Crippen LogP contribution < -0.4 is 10.1 Å². The van der Waals surface area contributed by atoms with Crippen molar-refractivity contribution >= 4 is 46.4 Å². The van der Waals surface area contributed by atoms with Gasteiger partial charge in [-0.05, 0) is 48.6 Å². The highest BCUT2D eigenvalue weighted by Crippen LogP contribution is 2.41. The van der Waals surface area contributed by atoms with Crippen LogP contribution in [0.2, 0.25) is 5.02 Å². The van der Waals surface area contributed by atoms with Gasteiger partial charge in [0.1, 0.15) is 11.9 Å². The molecule has 0 fully saturated rings. The number of hydrogen-bond donors (Lipinski definition) is 1. The van der Waals surface area contributed by atoms with E-state index in [4.69, 9.17) is 16.3 Å². The molecule has 1 aliphatic rings. The Hall–Kier alpha value is -1.76. The fraction of sp³-hybridized carbons (Fsp3) is 0.333. The van der Waals surface area contributed by atoms with E-state index in [9.17, 15) is 9.59 Å². The Kier molecular flexibility index (Phi) is 7.21. The SMILES string of the molecule is CCSCC=CC(=O)NCC1Cc2cc(-c3ccc(C(C)=O)s3)cc(Cl)c2O1. The minimum atomic E-state index is -0.138. The minimum Gasteiger partial charge on any atom is -0.486 e. The molecule has 28 heavy (non-hydrogen) atoms. The summed E-state index contributed by atoms with van der Waals surface area (Å²) in [5.74, 6) is 2.50. The van der Waals surface area contributed by atoms with Crippen LogP contribution in [0.3, 0.4) is 0 Å². The summed E-state index contributed by atoms with van der Waals surface area (Å²) in [5, 5.41) is 3.43. The lowest BCUT2D eigenvalue weighted by molar-refractivity contribution is -0.116. The normalized spacial score (nSPS) is 15.5. The number of hydrogen-bond acceptors (Lipinski definition) is 5. The molecule has 1 amide bonds. The molecule has 0 bridgehead atoms. The quantitative estimate of drug-likeness (QED) is 0.360. The van der Waals surface area contributed by atoms with Crippen molar-refractivity contribution in [3.8, 4) is 16.2 Å². The van der Waals surface area contributed by atoms with Crippen molar-refractivity contribution in [2.45, 2.75) is 26.4 Å². The average molecular weight is 436 g/mol. The molecule has 4 nitrogen and oxygen atoms in total. The Labute approximate surface area is 178 Å². The van der Waals surface area contributed by atoms with E-state index in [1.165, 1.54) is 11.3 Å². The van der Waals surface area contributed by atoms with Crippen LogP contribution in [0, 0.1) is 0 Å². The summed E-state index contributed by atoms with van der Waals surface area (Å²) in [6.07, 6.45) is 3.98. The summed E-state index contributed by atoms with van der Waals surface area (Å²) in [5.41, 5.74) is 2.00. The molecule has 1 aromatic carbocycles. The first-order valence-electron chi connectivity index (χ1n) is 9.10. The molecule has 0 radical (unpaired) electrons. The number of halogens is 1. The molecule has 1 aromatic heterocycles. The second-order valence-electron chi connectivity index (χ2n) is 6.42. The van der Waals surface area contributed by atoms with Crippen molar-refractivity contribution in [3.63, 3.8) is 0 Å². The number of nitrogens with one attached hydrogen (secondary N) is 1. The molecule has 3 rings (SSSR count). The predicted octanol–water partition coefficient (Wildman–Crippen LogP) is 5.00. The number of ether oxygens (including phenoxy) is 1. The molecular formula is C21H22ClNO3S2. The van der Waals surface area contributed by atoms with Gasteiger partial charge >= 0.3 is 0 Å². The number of fused-ring (bicyclic) bond motifs is 1. The second-order valence-corrected chi connectivity index (χ2v) is 9.23. The van der Waals surface area contributed by atoms with E-state index in [1.54, 1.807) is 24.8 Å². The highest BCUT2D eigenvalue weighted by Gasteiger charge is 2.26. The maximum Gasteiger partial charge on any atom is 0.243 e. The van der Waals surface area contributed by atoms with Crippen molar-refractivity contribution in [1.82, 2.24) is 5.32 Å². The van der Waals surface area contributed by atoms with Gasteiger partial charge in [0.15, 0.2) is 5.78 Å². The van der Waals surface area contributed by atoms with Crippen LogP contribution in [0.25, 0.3) is 10.4 Å².